The zero-order chi connectivity index (χ0) is 18.5. The van der Waals surface area contributed by atoms with E-state index in [1.165, 1.54) is 25.3 Å². The van der Waals surface area contributed by atoms with Crippen molar-refractivity contribution in [2.24, 2.45) is 5.92 Å². The number of hydrogen-bond acceptors (Lipinski definition) is 3. The Labute approximate surface area is 156 Å². The molecule has 1 N–H and O–H groups in total. The molecule has 1 aliphatic heterocycles. The lowest BCUT2D eigenvalue weighted by molar-refractivity contribution is 0.0920. The average Bonchev–Trinajstić information content (AvgIpc) is 2.87. The van der Waals surface area contributed by atoms with E-state index in [-0.39, 0.29) is 17.5 Å². The number of carbonyl (C=O) groups excluding carboxylic acids is 1. The van der Waals surface area contributed by atoms with Crippen molar-refractivity contribution in [2.75, 3.05) is 6.61 Å². The van der Waals surface area contributed by atoms with E-state index >= 15 is 0 Å². The normalized spacial score (nSPS) is 18.3. The molecular weight excluding hydrogens is 328 g/mol. The van der Waals surface area contributed by atoms with Crippen molar-refractivity contribution in [2.45, 2.75) is 84.2 Å². The zero-order valence-electron chi connectivity index (χ0n) is 16.2. The van der Waals surface area contributed by atoms with Crippen LogP contribution in [0, 0.1) is 5.92 Å². The highest BCUT2D eigenvalue weighted by atomic mass is 16.5. The molecule has 5 heteroatoms. The van der Waals surface area contributed by atoms with Gasteiger partial charge in [0.1, 0.15) is 11.3 Å². The molecule has 2 aliphatic rings. The first-order valence-corrected chi connectivity index (χ1v) is 10.3. The summed E-state index contributed by atoms with van der Waals surface area (Å²) in [7, 11) is 0. The van der Waals surface area contributed by atoms with E-state index < -0.39 is 0 Å². The molecule has 144 valence electrons. The van der Waals surface area contributed by atoms with Crippen molar-refractivity contribution in [3.63, 3.8) is 0 Å². The lowest BCUT2D eigenvalue weighted by atomic mass is 9.95. The molecule has 2 heterocycles. The molecule has 5 nitrogen and oxygen atoms in total. The van der Waals surface area contributed by atoms with Crippen LogP contribution in [0.15, 0.2) is 10.9 Å². The summed E-state index contributed by atoms with van der Waals surface area (Å²) in [5, 5.41) is 3.22. The standard InChI is InChI=1S/C21H32N2O3/c1-15(2)14-26-18-13-19(24)23-12-8-4-7-11-17(23)20(18)21(25)22-16-9-5-3-6-10-16/h13,15-16H,3-12,14H2,1-2H3,(H,22,25). The number of hydrogen-bond donors (Lipinski definition) is 1. The Morgan fingerprint density at radius 3 is 2.65 bits per heavy atom. The Hall–Kier alpha value is -1.78. The van der Waals surface area contributed by atoms with Crippen LogP contribution in [0.4, 0.5) is 0 Å². The highest BCUT2D eigenvalue weighted by molar-refractivity contribution is 5.98. The van der Waals surface area contributed by atoms with Crippen molar-refractivity contribution in [3.05, 3.63) is 27.7 Å². The topological polar surface area (TPSA) is 60.3 Å². The van der Waals surface area contributed by atoms with E-state index in [9.17, 15) is 9.59 Å². The fourth-order valence-corrected chi connectivity index (χ4v) is 4.03. The van der Waals surface area contributed by atoms with Gasteiger partial charge in [-0.2, -0.15) is 0 Å². The molecule has 0 saturated heterocycles. The van der Waals surface area contributed by atoms with E-state index in [4.69, 9.17) is 4.74 Å². The maximum atomic E-state index is 13.2. The molecule has 0 aromatic carbocycles. The molecule has 0 radical (unpaired) electrons. The van der Waals surface area contributed by atoms with Gasteiger partial charge in [-0.3, -0.25) is 9.59 Å². The second kappa shape index (κ2) is 8.74. The second-order valence-corrected chi connectivity index (χ2v) is 8.14. The number of aromatic nitrogens is 1. The average molecular weight is 360 g/mol. The van der Waals surface area contributed by atoms with Crippen molar-refractivity contribution >= 4 is 5.91 Å². The van der Waals surface area contributed by atoms with Crippen LogP contribution in [0.25, 0.3) is 0 Å². The smallest absolute Gasteiger partial charge is 0.257 e. The van der Waals surface area contributed by atoms with Gasteiger partial charge < -0.3 is 14.6 Å². The second-order valence-electron chi connectivity index (χ2n) is 8.14. The van der Waals surface area contributed by atoms with Crippen LogP contribution >= 0.6 is 0 Å². The number of carbonyl (C=O) groups is 1. The van der Waals surface area contributed by atoms with Gasteiger partial charge in [0.2, 0.25) is 0 Å². The van der Waals surface area contributed by atoms with Gasteiger partial charge in [0.05, 0.1) is 6.61 Å². The Balaban J connectivity index is 1.95. The molecule has 1 aromatic heterocycles. The van der Waals surface area contributed by atoms with E-state index in [0.717, 1.165) is 44.2 Å². The van der Waals surface area contributed by atoms with E-state index in [2.05, 4.69) is 19.2 Å². The molecule has 1 saturated carbocycles. The van der Waals surface area contributed by atoms with Crippen LogP contribution < -0.4 is 15.6 Å². The number of nitrogens with zero attached hydrogens (tertiary/aromatic N) is 1. The summed E-state index contributed by atoms with van der Waals surface area (Å²) in [6.07, 6.45) is 9.55. The van der Waals surface area contributed by atoms with E-state index in [1.807, 2.05) is 0 Å². The first kappa shape index (κ1) is 19.0. The van der Waals surface area contributed by atoms with Gasteiger partial charge in [-0.1, -0.05) is 39.5 Å². The van der Waals surface area contributed by atoms with Crippen molar-refractivity contribution in [1.82, 2.24) is 9.88 Å². The van der Waals surface area contributed by atoms with Crippen LogP contribution in [-0.2, 0) is 13.0 Å². The number of ether oxygens (including phenoxy) is 1. The van der Waals surface area contributed by atoms with E-state index in [0.29, 0.717) is 30.4 Å². The number of amides is 1. The highest BCUT2D eigenvalue weighted by Gasteiger charge is 2.26. The van der Waals surface area contributed by atoms with Crippen molar-refractivity contribution in [1.29, 1.82) is 0 Å². The maximum absolute atomic E-state index is 13.2. The largest absolute Gasteiger partial charge is 0.492 e. The van der Waals surface area contributed by atoms with Crippen LogP contribution in [0.3, 0.4) is 0 Å². The summed E-state index contributed by atoms with van der Waals surface area (Å²) in [4.78, 5) is 25.8. The number of fused-ring (bicyclic) bond motifs is 1. The van der Waals surface area contributed by atoms with Gasteiger partial charge in [-0.15, -0.1) is 0 Å². The fraction of sp³-hybridized carbons (Fsp3) is 0.714. The van der Waals surface area contributed by atoms with Crippen LogP contribution in [-0.4, -0.2) is 23.1 Å². The quantitative estimate of drug-likeness (QED) is 0.871. The summed E-state index contributed by atoms with van der Waals surface area (Å²) in [6.45, 7) is 5.34. The molecule has 0 spiro atoms. The number of nitrogens with one attached hydrogen (secondary N) is 1. The predicted octanol–water partition coefficient (Wildman–Crippen LogP) is 3.67. The van der Waals surface area contributed by atoms with Gasteiger partial charge >= 0.3 is 0 Å². The van der Waals surface area contributed by atoms with Gasteiger partial charge in [0.15, 0.2) is 0 Å². The SMILES string of the molecule is CC(C)COc1cc(=O)n2c(c1C(=O)NC1CCCCC1)CCCCC2. The molecule has 26 heavy (non-hydrogen) atoms. The van der Waals surface area contributed by atoms with Crippen LogP contribution in [0.5, 0.6) is 5.75 Å². The lowest BCUT2D eigenvalue weighted by Crippen LogP contribution is -2.38. The third-order valence-electron chi connectivity index (χ3n) is 5.42. The molecular formula is C21H32N2O3. The molecule has 0 atom stereocenters. The molecule has 0 bridgehead atoms. The summed E-state index contributed by atoms with van der Waals surface area (Å²) in [5.41, 5.74) is 1.41. The minimum absolute atomic E-state index is 0.0464. The Kier molecular flexibility index (Phi) is 6.38. The third-order valence-corrected chi connectivity index (χ3v) is 5.42. The third kappa shape index (κ3) is 4.49. The molecule has 1 aromatic rings. The molecule has 1 fully saturated rings. The summed E-state index contributed by atoms with van der Waals surface area (Å²) in [6, 6.07) is 1.76. The Morgan fingerprint density at radius 2 is 1.92 bits per heavy atom. The van der Waals surface area contributed by atoms with Crippen molar-refractivity contribution in [3.8, 4) is 5.75 Å². The summed E-state index contributed by atoms with van der Waals surface area (Å²) < 4.78 is 7.72. The Morgan fingerprint density at radius 1 is 1.19 bits per heavy atom. The van der Waals surface area contributed by atoms with Crippen LogP contribution in [0.2, 0.25) is 0 Å². The minimum atomic E-state index is -0.0682. The summed E-state index contributed by atoms with van der Waals surface area (Å²) in [5.74, 6) is 0.734. The van der Waals surface area contributed by atoms with Crippen LogP contribution in [0.1, 0.15) is 81.3 Å². The Bertz CT molecular complexity index is 687. The van der Waals surface area contributed by atoms with Gasteiger partial charge in [0.25, 0.3) is 11.5 Å². The number of rotatable bonds is 5. The summed E-state index contributed by atoms with van der Waals surface area (Å²) >= 11 is 0. The first-order valence-electron chi connectivity index (χ1n) is 10.3. The molecule has 3 rings (SSSR count). The van der Waals surface area contributed by atoms with Gasteiger partial charge in [-0.05, 0) is 38.0 Å². The predicted molar refractivity (Wildman–Crippen MR) is 103 cm³/mol. The molecule has 1 amide bonds. The van der Waals surface area contributed by atoms with Gasteiger partial charge in [0, 0.05) is 24.3 Å². The highest BCUT2D eigenvalue weighted by Crippen LogP contribution is 2.26. The zero-order valence-corrected chi connectivity index (χ0v) is 16.2. The maximum Gasteiger partial charge on any atom is 0.257 e. The van der Waals surface area contributed by atoms with Crippen molar-refractivity contribution < 1.29 is 9.53 Å². The number of pyridine rings is 1. The first-order chi connectivity index (χ1) is 12.6. The fourth-order valence-electron chi connectivity index (χ4n) is 4.03. The lowest BCUT2D eigenvalue weighted by Gasteiger charge is -2.25. The molecule has 0 unspecified atom stereocenters. The monoisotopic (exact) mass is 360 g/mol. The molecule has 1 aliphatic carbocycles. The van der Waals surface area contributed by atoms with E-state index in [1.54, 1.807) is 4.57 Å². The van der Waals surface area contributed by atoms with Gasteiger partial charge in [-0.25, -0.2) is 0 Å². The minimum Gasteiger partial charge on any atom is -0.492 e.